The number of hydrogen-bond acceptors (Lipinski definition) is 5. The van der Waals surface area contributed by atoms with Crippen LogP contribution in [0.4, 0.5) is 0 Å². The lowest BCUT2D eigenvalue weighted by Crippen LogP contribution is -2.37. The molecule has 33 heavy (non-hydrogen) atoms. The van der Waals surface area contributed by atoms with Crippen LogP contribution in [-0.4, -0.2) is 42.4 Å². The van der Waals surface area contributed by atoms with Crippen LogP contribution >= 0.6 is 11.8 Å². The highest BCUT2D eigenvalue weighted by molar-refractivity contribution is 8.00. The van der Waals surface area contributed by atoms with Crippen LogP contribution in [0.15, 0.2) is 90.3 Å². The van der Waals surface area contributed by atoms with E-state index < -0.39 is 0 Å². The molecule has 0 aliphatic carbocycles. The third-order valence-electron chi connectivity index (χ3n) is 5.44. The summed E-state index contributed by atoms with van der Waals surface area (Å²) >= 11 is 1.44. The van der Waals surface area contributed by atoms with E-state index in [-0.39, 0.29) is 11.2 Å². The molecule has 2 aromatic carbocycles. The molecule has 4 rings (SSSR count). The molecule has 1 amide bonds. The predicted octanol–water partition coefficient (Wildman–Crippen LogP) is 4.63. The third-order valence-corrected chi connectivity index (χ3v) is 6.57. The Hall–Kier alpha value is -3.45. The van der Waals surface area contributed by atoms with Crippen molar-refractivity contribution < 1.29 is 4.79 Å². The highest BCUT2D eigenvalue weighted by atomic mass is 32.2. The Balaban J connectivity index is 1.48. The van der Waals surface area contributed by atoms with Gasteiger partial charge < -0.3 is 9.47 Å². The molecule has 0 saturated carbocycles. The van der Waals surface area contributed by atoms with Gasteiger partial charge in [-0.25, -0.2) is 0 Å². The van der Waals surface area contributed by atoms with Crippen LogP contribution in [0, 0.1) is 0 Å². The number of amides is 1. The number of aromatic nitrogens is 4. The highest BCUT2D eigenvalue weighted by Gasteiger charge is 2.24. The summed E-state index contributed by atoms with van der Waals surface area (Å²) in [5, 5.41) is 9.08. The van der Waals surface area contributed by atoms with Gasteiger partial charge in [0, 0.05) is 38.1 Å². The van der Waals surface area contributed by atoms with Gasteiger partial charge in [-0.3, -0.25) is 9.78 Å². The predicted molar refractivity (Wildman–Crippen MR) is 132 cm³/mol. The van der Waals surface area contributed by atoms with Gasteiger partial charge in [0.15, 0.2) is 11.0 Å². The van der Waals surface area contributed by atoms with Crippen molar-refractivity contribution in [1.82, 2.24) is 24.6 Å². The number of hydrogen-bond donors (Lipinski definition) is 0. The molecule has 168 valence electrons. The van der Waals surface area contributed by atoms with E-state index in [9.17, 15) is 4.79 Å². The molecule has 0 spiro atoms. The zero-order valence-corrected chi connectivity index (χ0v) is 19.7. The first-order valence-electron chi connectivity index (χ1n) is 10.9. The summed E-state index contributed by atoms with van der Waals surface area (Å²) in [5.74, 6) is 0.845. The molecule has 0 bridgehead atoms. The third kappa shape index (κ3) is 5.87. The number of rotatable bonds is 9. The molecule has 2 heterocycles. The summed E-state index contributed by atoms with van der Waals surface area (Å²) in [6, 6.07) is 24.2. The lowest BCUT2D eigenvalue weighted by atomic mass is 10.1. The molecular weight excluding hydrogens is 430 g/mol. The van der Waals surface area contributed by atoms with Gasteiger partial charge in [-0.1, -0.05) is 72.4 Å². The summed E-state index contributed by atoms with van der Waals surface area (Å²) < 4.78 is 1.93. The van der Waals surface area contributed by atoms with E-state index in [1.807, 2.05) is 72.0 Å². The second-order valence-corrected chi connectivity index (χ2v) is 9.15. The number of benzene rings is 2. The van der Waals surface area contributed by atoms with Crippen molar-refractivity contribution in [3.8, 4) is 11.4 Å². The van der Waals surface area contributed by atoms with Gasteiger partial charge in [-0.05, 0) is 36.6 Å². The van der Waals surface area contributed by atoms with Crippen LogP contribution in [0.2, 0.25) is 0 Å². The van der Waals surface area contributed by atoms with E-state index in [0.29, 0.717) is 18.2 Å². The second kappa shape index (κ2) is 10.9. The Morgan fingerprint density at radius 1 is 0.939 bits per heavy atom. The Labute approximate surface area is 198 Å². The van der Waals surface area contributed by atoms with E-state index in [1.165, 1.54) is 17.3 Å². The van der Waals surface area contributed by atoms with Crippen LogP contribution in [0.3, 0.4) is 0 Å². The van der Waals surface area contributed by atoms with Gasteiger partial charge in [0.2, 0.25) is 5.91 Å². The van der Waals surface area contributed by atoms with Crippen molar-refractivity contribution in [3.05, 3.63) is 96.3 Å². The highest BCUT2D eigenvalue weighted by Crippen LogP contribution is 2.26. The van der Waals surface area contributed by atoms with Crippen LogP contribution in [0.1, 0.15) is 18.1 Å². The van der Waals surface area contributed by atoms with Crippen molar-refractivity contribution in [1.29, 1.82) is 0 Å². The van der Waals surface area contributed by atoms with Gasteiger partial charge in [0.05, 0.1) is 5.25 Å². The normalized spacial score (nSPS) is 11.8. The zero-order valence-electron chi connectivity index (χ0n) is 18.8. The Bertz CT molecular complexity index is 1170. The summed E-state index contributed by atoms with van der Waals surface area (Å²) in [4.78, 5) is 19.5. The van der Waals surface area contributed by atoms with Gasteiger partial charge in [-0.15, -0.1) is 10.2 Å². The van der Waals surface area contributed by atoms with Crippen molar-refractivity contribution in [3.63, 3.8) is 0 Å². The maximum Gasteiger partial charge on any atom is 0.236 e. The first kappa shape index (κ1) is 22.7. The molecule has 0 aliphatic rings. The molecule has 2 aromatic heterocycles. The molecule has 4 aromatic rings. The summed E-state index contributed by atoms with van der Waals surface area (Å²) in [6.45, 7) is 3.18. The average molecular weight is 458 g/mol. The van der Waals surface area contributed by atoms with Crippen molar-refractivity contribution >= 4 is 17.7 Å². The van der Waals surface area contributed by atoms with Crippen LogP contribution in [-0.2, 0) is 24.8 Å². The first-order chi connectivity index (χ1) is 16.1. The average Bonchev–Trinajstić information content (AvgIpc) is 3.22. The summed E-state index contributed by atoms with van der Waals surface area (Å²) in [6.07, 6.45) is 4.28. The maximum absolute atomic E-state index is 13.5. The zero-order chi connectivity index (χ0) is 23.0. The topological polar surface area (TPSA) is 63.9 Å². The first-order valence-corrected chi connectivity index (χ1v) is 11.8. The number of nitrogens with zero attached hydrogens (tertiary/aromatic N) is 5. The minimum atomic E-state index is -0.294. The SMILES string of the molecule is CC(Sc1nnc(-c2ccncc2)n1C)C(=O)N(CCc1ccccc1)Cc1ccccc1. The summed E-state index contributed by atoms with van der Waals surface area (Å²) in [7, 11) is 1.92. The number of pyridine rings is 1. The molecule has 1 atom stereocenters. The van der Waals surface area contributed by atoms with E-state index in [4.69, 9.17) is 0 Å². The quantitative estimate of drug-likeness (QED) is 0.343. The number of thioether (sulfide) groups is 1. The molecule has 1 unspecified atom stereocenters. The molecule has 0 aliphatic heterocycles. The van der Waals surface area contributed by atoms with Gasteiger partial charge in [-0.2, -0.15) is 0 Å². The van der Waals surface area contributed by atoms with Gasteiger partial charge in [0.1, 0.15) is 0 Å². The fourth-order valence-corrected chi connectivity index (χ4v) is 4.51. The van der Waals surface area contributed by atoms with E-state index >= 15 is 0 Å². The lowest BCUT2D eigenvalue weighted by molar-refractivity contribution is -0.130. The standard InChI is InChI=1S/C26H27N5OS/c1-20(33-26-29-28-24(30(26)2)23-13-16-27-17-14-23)25(32)31(19-22-11-7-4-8-12-22)18-15-21-9-5-3-6-10-21/h3-14,16-17,20H,15,18-19H2,1-2H3. The van der Waals surface area contributed by atoms with E-state index in [2.05, 4.69) is 39.4 Å². The lowest BCUT2D eigenvalue weighted by Gasteiger charge is -2.26. The monoisotopic (exact) mass is 457 g/mol. The fraction of sp³-hybridized carbons (Fsp3) is 0.231. The van der Waals surface area contributed by atoms with Crippen molar-refractivity contribution in [2.45, 2.75) is 30.3 Å². The minimum absolute atomic E-state index is 0.0910. The second-order valence-electron chi connectivity index (χ2n) is 7.84. The van der Waals surface area contributed by atoms with E-state index in [0.717, 1.165) is 23.4 Å². The van der Waals surface area contributed by atoms with Crippen molar-refractivity contribution in [2.24, 2.45) is 7.05 Å². The molecule has 6 nitrogen and oxygen atoms in total. The Morgan fingerprint density at radius 3 is 2.24 bits per heavy atom. The van der Waals surface area contributed by atoms with Crippen LogP contribution in [0.25, 0.3) is 11.4 Å². The minimum Gasteiger partial charge on any atom is -0.337 e. The van der Waals surface area contributed by atoms with E-state index in [1.54, 1.807) is 12.4 Å². The van der Waals surface area contributed by atoms with Crippen molar-refractivity contribution in [2.75, 3.05) is 6.54 Å². The summed E-state index contributed by atoms with van der Waals surface area (Å²) in [5.41, 5.74) is 3.29. The Kier molecular flexibility index (Phi) is 7.52. The Morgan fingerprint density at radius 2 is 1.58 bits per heavy atom. The smallest absolute Gasteiger partial charge is 0.236 e. The van der Waals surface area contributed by atoms with Crippen LogP contribution < -0.4 is 0 Å². The molecule has 0 saturated heterocycles. The molecular formula is C26H27N5OS. The molecule has 0 radical (unpaired) electrons. The number of carbonyl (C=O) groups excluding carboxylic acids is 1. The molecule has 7 heteroatoms. The van der Waals surface area contributed by atoms with Gasteiger partial charge >= 0.3 is 0 Å². The molecule has 0 N–H and O–H groups in total. The number of carbonyl (C=O) groups is 1. The molecule has 0 fully saturated rings. The van der Waals surface area contributed by atoms with Gasteiger partial charge in [0.25, 0.3) is 0 Å². The largest absolute Gasteiger partial charge is 0.337 e. The fourth-order valence-electron chi connectivity index (χ4n) is 3.62. The van der Waals surface area contributed by atoms with Crippen LogP contribution in [0.5, 0.6) is 0 Å². The maximum atomic E-state index is 13.5.